The quantitative estimate of drug-likeness (QED) is 0.393. The number of anilines is 1. The number of fused-ring (bicyclic) bond motifs is 2. The van der Waals surface area contributed by atoms with E-state index in [9.17, 15) is 0 Å². The summed E-state index contributed by atoms with van der Waals surface area (Å²) >= 11 is 0. The lowest BCUT2D eigenvalue weighted by molar-refractivity contribution is 0.642. The lowest BCUT2D eigenvalue weighted by atomic mass is 10.1. The number of aromatic nitrogens is 8. The molecule has 5 aromatic rings. The Morgan fingerprint density at radius 1 is 0.941 bits per heavy atom. The van der Waals surface area contributed by atoms with Crippen LogP contribution >= 0.6 is 0 Å². The molecule has 174 valence electrons. The van der Waals surface area contributed by atoms with Crippen LogP contribution in [0, 0.1) is 6.92 Å². The zero-order valence-corrected chi connectivity index (χ0v) is 20.4. The van der Waals surface area contributed by atoms with Gasteiger partial charge in [0.05, 0.1) is 23.4 Å². The van der Waals surface area contributed by atoms with Gasteiger partial charge in [-0.2, -0.15) is 0 Å². The van der Waals surface area contributed by atoms with Gasteiger partial charge in [0, 0.05) is 24.1 Å². The Morgan fingerprint density at radius 2 is 1.76 bits per heavy atom. The first kappa shape index (κ1) is 21.9. The van der Waals surface area contributed by atoms with E-state index in [-0.39, 0.29) is 12.1 Å². The van der Waals surface area contributed by atoms with Gasteiger partial charge in [-0.05, 0) is 51.8 Å². The summed E-state index contributed by atoms with van der Waals surface area (Å²) in [6.45, 7) is 12.5. The minimum absolute atomic E-state index is 0.0652. The van der Waals surface area contributed by atoms with Gasteiger partial charge in [-0.15, -0.1) is 10.2 Å². The van der Waals surface area contributed by atoms with Crippen molar-refractivity contribution in [3.05, 3.63) is 60.1 Å². The maximum absolute atomic E-state index is 5.00. The summed E-state index contributed by atoms with van der Waals surface area (Å²) in [5.74, 6) is 2.52. The third-order valence-electron chi connectivity index (χ3n) is 5.91. The van der Waals surface area contributed by atoms with Crippen LogP contribution in [-0.4, -0.2) is 45.1 Å². The second-order valence-corrected chi connectivity index (χ2v) is 9.20. The summed E-state index contributed by atoms with van der Waals surface area (Å²) < 4.78 is 4.16. The third kappa shape index (κ3) is 3.76. The molecule has 0 saturated carbocycles. The zero-order valence-electron chi connectivity index (χ0n) is 20.4. The van der Waals surface area contributed by atoms with E-state index in [0.29, 0.717) is 17.4 Å². The molecule has 0 aliphatic rings. The average Bonchev–Trinajstić information content (AvgIpc) is 3.39. The van der Waals surface area contributed by atoms with E-state index in [2.05, 4.69) is 70.7 Å². The van der Waals surface area contributed by atoms with Crippen LogP contribution in [0.1, 0.15) is 63.8 Å². The van der Waals surface area contributed by atoms with E-state index in [1.165, 1.54) is 0 Å². The molecular weight excluding hydrogens is 426 g/mol. The highest BCUT2D eigenvalue weighted by atomic mass is 15.3. The second kappa shape index (κ2) is 8.48. The van der Waals surface area contributed by atoms with Crippen molar-refractivity contribution in [1.29, 1.82) is 0 Å². The van der Waals surface area contributed by atoms with Gasteiger partial charge in [0.2, 0.25) is 5.65 Å². The van der Waals surface area contributed by atoms with E-state index < -0.39 is 0 Å². The molecule has 5 aromatic heterocycles. The van der Waals surface area contributed by atoms with Crippen LogP contribution in [0.5, 0.6) is 0 Å². The molecule has 0 aromatic carbocycles. The van der Waals surface area contributed by atoms with Crippen LogP contribution in [0.2, 0.25) is 0 Å². The van der Waals surface area contributed by atoms with Gasteiger partial charge in [0.15, 0.2) is 11.6 Å². The molecule has 0 radical (unpaired) electrons. The van der Waals surface area contributed by atoms with Crippen molar-refractivity contribution in [2.75, 3.05) is 5.32 Å². The van der Waals surface area contributed by atoms with Gasteiger partial charge in [-0.25, -0.2) is 9.97 Å². The standard InChI is InChI=1S/C25H29N9/c1-14(2)19-11-22-20(12-27-19)30-24(34(22)16(5)18-9-7-8-10-26-18)21-13-33-17(6)31-32-25(33)23(29-21)28-15(3)4/h7-16H,1-6H3,(H,28,29)/t16-/m0/s1. The van der Waals surface area contributed by atoms with Gasteiger partial charge >= 0.3 is 0 Å². The molecule has 0 amide bonds. The highest BCUT2D eigenvalue weighted by molar-refractivity contribution is 5.81. The molecule has 0 spiro atoms. The Hall–Kier alpha value is -3.88. The number of nitrogens with one attached hydrogen (secondary N) is 1. The lowest BCUT2D eigenvalue weighted by Gasteiger charge is -2.18. The summed E-state index contributed by atoms with van der Waals surface area (Å²) in [5, 5.41) is 12.0. The van der Waals surface area contributed by atoms with Crippen LogP contribution in [0.15, 0.2) is 42.9 Å². The molecule has 0 aliphatic carbocycles. The number of rotatable bonds is 6. The van der Waals surface area contributed by atoms with Crippen molar-refractivity contribution in [1.82, 2.24) is 39.1 Å². The SMILES string of the molecule is Cc1nnc2c(NC(C)C)nc(-c3nc4cnc(C(C)C)cc4n3[C@@H](C)c3ccccn3)cn12. The third-order valence-corrected chi connectivity index (χ3v) is 5.91. The molecule has 0 bridgehead atoms. The summed E-state index contributed by atoms with van der Waals surface area (Å²) in [4.78, 5) is 19.2. The van der Waals surface area contributed by atoms with Gasteiger partial charge in [-0.3, -0.25) is 14.4 Å². The topological polar surface area (TPSA) is 98.7 Å². The highest BCUT2D eigenvalue weighted by Gasteiger charge is 2.23. The number of pyridine rings is 2. The van der Waals surface area contributed by atoms with Crippen LogP contribution in [0.3, 0.4) is 0 Å². The Kier molecular flexibility index (Phi) is 5.47. The lowest BCUT2D eigenvalue weighted by Crippen LogP contribution is -2.14. The van der Waals surface area contributed by atoms with Crippen molar-refractivity contribution in [3.63, 3.8) is 0 Å². The molecule has 0 saturated heterocycles. The fraction of sp³-hybridized carbons (Fsp3) is 0.360. The predicted octanol–water partition coefficient (Wildman–Crippen LogP) is 4.79. The van der Waals surface area contributed by atoms with Crippen LogP contribution in [-0.2, 0) is 0 Å². The van der Waals surface area contributed by atoms with Gasteiger partial charge in [0.25, 0.3) is 0 Å². The Bertz CT molecular complexity index is 1460. The maximum Gasteiger partial charge on any atom is 0.203 e. The zero-order chi connectivity index (χ0) is 24.0. The fourth-order valence-corrected chi connectivity index (χ4v) is 4.14. The normalized spacial score (nSPS) is 12.8. The van der Waals surface area contributed by atoms with Crippen molar-refractivity contribution in [2.24, 2.45) is 0 Å². The minimum Gasteiger partial charge on any atom is -0.365 e. The first-order chi connectivity index (χ1) is 16.3. The van der Waals surface area contributed by atoms with Crippen molar-refractivity contribution in [2.45, 2.75) is 59.5 Å². The smallest absolute Gasteiger partial charge is 0.203 e. The molecule has 5 rings (SSSR count). The minimum atomic E-state index is -0.0652. The van der Waals surface area contributed by atoms with E-state index in [0.717, 1.165) is 39.8 Å². The second-order valence-electron chi connectivity index (χ2n) is 9.20. The number of hydrogen-bond donors (Lipinski definition) is 1. The maximum atomic E-state index is 5.00. The molecule has 34 heavy (non-hydrogen) atoms. The fourth-order valence-electron chi connectivity index (χ4n) is 4.14. The Balaban J connectivity index is 1.80. The van der Waals surface area contributed by atoms with E-state index in [4.69, 9.17) is 9.97 Å². The summed E-state index contributed by atoms with van der Waals surface area (Å²) in [7, 11) is 0. The molecule has 0 fully saturated rings. The molecule has 1 atom stereocenters. The number of hydrogen-bond acceptors (Lipinski definition) is 7. The van der Waals surface area contributed by atoms with Gasteiger partial charge < -0.3 is 9.88 Å². The van der Waals surface area contributed by atoms with Crippen molar-refractivity contribution in [3.8, 4) is 11.5 Å². The monoisotopic (exact) mass is 455 g/mol. The average molecular weight is 456 g/mol. The summed E-state index contributed by atoms with van der Waals surface area (Å²) in [6.07, 6.45) is 5.63. The highest BCUT2D eigenvalue weighted by Crippen LogP contribution is 2.32. The molecule has 9 nitrogen and oxygen atoms in total. The number of imidazole rings is 1. The predicted molar refractivity (Wildman–Crippen MR) is 133 cm³/mol. The van der Waals surface area contributed by atoms with Crippen LogP contribution < -0.4 is 5.32 Å². The molecule has 5 heterocycles. The summed E-state index contributed by atoms with van der Waals surface area (Å²) in [6, 6.07) is 8.23. The van der Waals surface area contributed by atoms with E-state index in [1.807, 2.05) is 48.1 Å². The largest absolute Gasteiger partial charge is 0.365 e. The first-order valence-corrected chi connectivity index (χ1v) is 11.6. The van der Waals surface area contributed by atoms with Gasteiger partial charge in [-0.1, -0.05) is 19.9 Å². The van der Waals surface area contributed by atoms with Gasteiger partial charge in [0.1, 0.15) is 17.0 Å². The van der Waals surface area contributed by atoms with Crippen molar-refractivity contribution < 1.29 is 0 Å². The molecular formula is C25H29N9. The van der Waals surface area contributed by atoms with Crippen LogP contribution in [0.25, 0.3) is 28.2 Å². The van der Waals surface area contributed by atoms with E-state index in [1.54, 1.807) is 0 Å². The van der Waals surface area contributed by atoms with Crippen LogP contribution in [0.4, 0.5) is 5.82 Å². The van der Waals surface area contributed by atoms with Crippen molar-refractivity contribution >= 4 is 22.5 Å². The summed E-state index contributed by atoms with van der Waals surface area (Å²) in [5.41, 5.74) is 5.22. The molecule has 0 aliphatic heterocycles. The number of nitrogens with zero attached hydrogens (tertiary/aromatic N) is 8. The molecule has 1 N–H and O–H groups in total. The number of aryl methyl sites for hydroxylation is 1. The Morgan fingerprint density at radius 3 is 2.47 bits per heavy atom. The molecule has 9 heteroatoms. The van der Waals surface area contributed by atoms with E-state index >= 15 is 0 Å². The molecule has 0 unspecified atom stereocenters. The first-order valence-electron chi connectivity index (χ1n) is 11.6. The Labute approximate surface area is 198 Å².